The van der Waals surface area contributed by atoms with Crippen LogP contribution in [0.1, 0.15) is 40.3 Å². The van der Waals surface area contributed by atoms with Gasteiger partial charge in [-0.05, 0) is 37.6 Å². The highest BCUT2D eigenvalue weighted by molar-refractivity contribution is 6.00. The van der Waals surface area contributed by atoms with Crippen LogP contribution in [0.5, 0.6) is 0 Å². The van der Waals surface area contributed by atoms with Gasteiger partial charge in [-0.15, -0.1) is 0 Å². The number of esters is 1. The van der Waals surface area contributed by atoms with Crippen molar-refractivity contribution in [3.63, 3.8) is 0 Å². The van der Waals surface area contributed by atoms with Crippen molar-refractivity contribution in [2.75, 3.05) is 6.61 Å². The molecule has 0 aromatic carbocycles. The average molecular weight is 245 g/mol. The van der Waals surface area contributed by atoms with Gasteiger partial charge in [0.25, 0.3) is 0 Å². The predicted octanol–water partition coefficient (Wildman–Crippen LogP) is 2.63. The van der Waals surface area contributed by atoms with E-state index in [4.69, 9.17) is 4.74 Å². The van der Waals surface area contributed by atoms with Crippen molar-refractivity contribution < 1.29 is 14.3 Å². The van der Waals surface area contributed by atoms with Gasteiger partial charge in [-0.2, -0.15) is 0 Å². The first-order valence-corrected chi connectivity index (χ1v) is 5.85. The number of ketones is 1. The van der Waals surface area contributed by atoms with Gasteiger partial charge in [0.05, 0.1) is 17.9 Å². The molecule has 18 heavy (non-hydrogen) atoms. The number of aromatic nitrogens is 1. The van der Waals surface area contributed by atoms with Crippen molar-refractivity contribution in [3.8, 4) is 0 Å². The molecule has 0 fully saturated rings. The first kappa shape index (κ1) is 12.4. The molecule has 0 aliphatic heterocycles. The Morgan fingerprint density at radius 2 is 2.11 bits per heavy atom. The molecule has 2 rings (SSSR count). The topological polar surface area (TPSA) is 47.8 Å². The standard InChI is InChI=1S/C14H15NO3/c1-4-18-14(17)12-8-11-6-5-7-15(11)13(9(12)2)10(3)16/h5-8H,4H2,1-3H3. The second-order valence-electron chi connectivity index (χ2n) is 4.11. The maximum atomic E-state index is 11.9. The van der Waals surface area contributed by atoms with Crippen LogP contribution in [0.15, 0.2) is 24.4 Å². The summed E-state index contributed by atoms with van der Waals surface area (Å²) in [5, 5.41) is 0. The van der Waals surface area contributed by atoms with Crippen molar-refractivity contribution in [1.29, 1.82) is 0 Å². The predicted molar refractivity (Wildman–Crippen MR) is 68.1 cm³/mol. The van der Waals surface area contributed by atoms with E-state index in [9.17, 15) is 9.59 Å². The third-order valence-corrected chi connectivity index (χ3v) is 2.90. The first-order chi connectivity index (χ1) is 8.56. The summed E-state index contributed by atoms with van der Waals surface area (Å²) >= 11 is 0. The van der Waals surface area contributed by atoms with Gasteiger partial charge >= 0.3 is 5.97 Å². The van der Waals surface area contributed by atoms with Crippen molar-refractivity contribution in [2.45, 2.75) is 20.8 Å². The summed E-state index contributed by atoms with van der Waals surface area (Å²) in [6.07, 6.45) is 1.81. The van der Waals surface area contributed by atoms with Crippen LogP contribution in [0.3, 0.4) is 0 Å². The molecule has 94 valence electrons. The summed E-state index contributed by atoms with van der Waals surface area (Å²) in [5.41, 5.74) is 2.45. The third-order valence-electron chi connectivity index (χ3n) is 2.90. The lowest BCUT2D eigenvalue weighted by Crippen LogP contribution is -2.13. The van der Waals surface area contributed by atoms with E-state index in [0.717, 1.165) is 5.52 Å². The number of nitrogens with zero attached hydrogens (tertiary/aromatic N) is 1. The highest BCUT2D eigenvalue weighted by Gasteiger charge is 2.18. The number of fused-ring (bicyclic) bond motifs is 1. The maximum Gasteiger partial charge on any atom is 0.338 e. The Bertz CT molecular complexity index is 625. The molecule has 2 heterocycles. The van der Waals surface area contributed by atoms with Crippen molar-refractivity contribution in [1.82, 2.24) is 4.40 Å². The Labute approximate surface area is 105 Å². The molecule has 0 bridgehead atoms. The number of carbonyl (C=O) groups is 2. The lowest BCUT2D eigenvalue weighted by molar-refractivity contribution is 0.0525. The first-order valence-electron chi connectivity index (χ1n) is 5.85. The summed E-state index contributed by atoms with van der Waals surface area (Å²) in [6, 6.07) is 5.45. The van der Waals surface area contributed by atoms with E-state index in [2.05, 4.69) is 0 Å². The van der Waals surface area contributed by atoms with Gasteiger partial charge < -0.3 is 9.14 Å². The third kappa shape index (κ3) is 1.90. The minimum atomic E-state index is -0.388. The van der Waals surface area contributed by atoms with E-state index in [1.54, 1.807) is 24.3 Å². The number of ether oxygens (including phenoxy) is 1. The minimum Gasteiger partial charge on any atom is -0.462 e. The molecule has 0 aliphatic rings. The van der Waals surface area contributed by atoms with Crippen LogP contribution in [0.25, 0.3) is 5.52 Å². The summed E-state index contributed by atoms with van der Waals surface area (Å²) in [6.45, 7) is 5.34. The molecule has 0 spiro atoms. The summed E-state index contributed by atoms with van der Waals surface area (Å²) < 4.78 is 6.80. The number of carbonyl (C=O) groups excluding carboxylic acids is 2. The van der Waals surface area contributed by atoms with E-state index in [0.29, 0.717) is 23.4 Å². The number of hydrogen-bond donors (Lipinski definition) is 0. The normalized spacial score (nSPS) is 10.6. The van der Waals surface area contributed by atoms with Gasteiger partial charge in [0.15, 0.2) is 5.78 Å². The molecule has 0 unspecified atom stereocenters. The molecule has 0 saturated carbocycles. The molecule has 0 N–H and O–H groups in total. The van der Waals surface area contributed by atoms with Crippen molar-refractivity contribution in [3.05, 3.63) is 41.2 Å². The quantitative estimate of drug-likeness (QED) is 0.617. The number of pyridine rings is 1. The SMILES string of the molecule is CCOC(=O)c1cc2cccn2c(C(C)=O)c1C. The molecular weight excluding hydrogens is 230 g/mol. The Morgan fingerprint density at radius 3 is 2.72 bits per heavy atom. The van der Waals surface area contributed by atoms with E-state index in [-0.39, 0.29) is 11.8 Å². The van der Waals surface area contributed by atoms with Gasteiger partial charge in [0.2, 0.25) is 0 Å². The van der Waals surface area contributed by atoms with E-state index in [1.807, 2.05) is 18.3 Å². The Hall–Kier alpha value is -2.10. The molecule has 0 amide bonds. The van der Waals surface area contributed by atoms with Gasteiger partial charge in [-0.3, -0.25) is 4.79 Å². The zero-order valence-corrected chi connectivity index (χ0v) is 10.7. The fraction of sp³-hybridized carbons (Fsp3) is 0.286. The van der Waals surface area contributed by atoms with Crippen LogP contribution in [0, 0.1) is 6.92 Å². The summed E-state index contributed by atoms with van der Waals surface area (Å²) in [4.78, 5) is 23.6. The van der Waals surface area contributed by atoms with Gasteiger partial charge in [0.1, 0.15) is 0 Å². The molecule has 0 radical (unpaired) electrons. The van der Waals surface area contributed by atoms with Gasteiger partial charge in [0, 0.05) is 18.6 Å². The van der Waals surface area contributed by atoms with E-state index in [1.165, 1.54) is 6.92 Å². The second kappa shape index (κ2) is 4.64. The highest BCUT2D eigenvalue weighted by Crippen LogP contribution is 2.20. The number of Topliss-reactive ketones (excluding diaryl/α,β-unsaturated/α-hetero) is 1. The molecule has 0 atom stereocenters. The molecule has 2 aromatic rings. The van der Waals surface area contributed by atoms with Crippen LogP contribution in [0.2, 0.25) is 0 Å². The fourth-order valence-electron chi connectivity index (χ4n) is 2.13. The van der Waals surface area contributed by atoms with Crippen LogP contribution in [-0.2, 0) is 4.74 Å². The Kier molecular flexibility index (Phi) is 3.19. The average Bonchev–Trinajstić information content (AvgIpc) is 2.75. The Morgan fingerprint density at radius 1 is 1.39 bits per heavy atom. The summed E-state index contributed by atoms with van der Waals surface area (Å²) in [5.74, 6) is -0.457. The maximum absolute atomic E-state index is 11.9. The molecule has 4 nitrogen and oxygen atoms in total. The molecular formula is C14H15NO3. The van der Waals surface area contributed by atoms with Crippen molar-refractivity contribution in [2.24, 2.45) is 0 Å². The minimum absolute atomic E-state index is 0.0696. The largest absolute Gasteiger partial charge is 0.462 e. The zero-order chi connectivity index (χ0) is 13.3. The molecule has 0 saturated heterocycles. The molecule has 2 aromatic heterocycles. The van der Waals surface area contributed by atoms with Crippen LogP contribution < -0.4 is 0 Å². The smallest absolute Gasteiger partial charge is 0.338 e. The molecule has 0 aliphatic carbocycles. The van der Waals surface area contributed by atoms with Gasteiger partial charge in [-0.1, -0.05) is 0 Å². The van der Waals surface area contributed by atoms with Crippen LogP contribution >= 0.6 is 0 Å². The number of rotatable bonds is 3. The second-order valence-corrected chi connectivity index (χ2v) is 4.11. The van der Waals surface area contributed by atoms with Crippen LogP contribution in [0.4, 0.5) is 0 Å². The Balaban J connectivity index is 2.72. The lowest BCUT2D eigenvalue weighted by atomic mass is 10.0. The van der Waals surface area contributed by atoms with E-state index < -0.39 is 0 Å². The molecule has 4 heteroatoms. The fourth-order valence-corrected chi connectivity index (χ4v) is 2.13. The van der Waals surface area contributed by atoms with Crippen molar-refractivity contribution >= 4 is 17.3 Å². The monoisotopic (exact) mass is 245 g/mol. The lowest BCUT2D eigenvalue weighted by Gasteiger charge is -2.12. The zero-order valence-electron chi connectivity index (χ0n) is 10.7. The summed E-state index contributed by atoms with van der Waals surface area (Å²) in [7, 11) is 0. The highest BCUT2D eigenvalue weighted by atomic mass is 16.5. The number of hydrogen-bond acceptors (Lipinski definition) is 3. The van der Waals surface area contributed by atoms with Gasteiger partial charge in [-0.25, -0.2) is 4.79 Å². The van der Waals surface area contributed by atoms with E-state index >= 15 is 0 Å². The van der Waals surface area contributed by atoms with Crippen LogP contribution in [-0.4, -0.2) is 22.8 Å².